The molecule has 2 aromatic rings. The third-order valence-corrected chi connectivity index (χ3v) is 3.86. The Kier molecular flexibility index (Phi) is 4.52. The summed E-state index contributed by atoms with van der Waals surface area (Å²) in [4.78, 5) is 7.81. The first-order valence-corrected chi connectivity index (χ1v) is 7.73. The number of nitrogens with one attached hydrogen (secondary N) is 2. The van der Waals surface area contributed by atoms with Crippen molar-refractivity contribution in [3.05, 3.63) is 42.9 Å². The normalized spacial score (nSPS) is 11.1. The molecule has 0 saturated carbocycles. The Labute approximate surface area is 118 Å². The molecule has 0 unspecified atom stereocenters. The molecule has 106 valence electrons. The van der Waals surface area contributed by atoms with E-state index >= 15 is 0 Å². The van der Waals surface area contributed by atoms with Gasteiger partial charge >= 0.3 is 0 Å². The SMILES string of the molecule is CCCNc1cccnc1S(=O)(=O)Nc1ccncc1. The summed E-state index contributed by atoms with van der Waals surface area (Å²) in [5.74, 6) is 0. The smallest absolute Gasteiger partial charge is 0.281 e. The minimum Gasteiger partial charge on any atom is -0.383 e. The van der Waals surface area contributed by atoms with Gasteiger partial charge in [-0.2, -0.15) is 8.42 Å². The van der Waals surface area contributed by atoms with E-state index in [1.807, 2.05) is 6.92 Å². The number of nitrogens with zero attached hydrogens (tertiary/aromatic N) is 2. The lowest BCUT2D eigenvalue weighted by molar-refractivity contribution is 0.598. The van der Waals surface area contributed by atoms with E-state index < -0.39 is 10.0 Å². The van der Waals surface area contributed by atoms with Crippen LogP contribution in [0.15, 0.2) is 47.9 Å². The lowest BCUT2D eigenvalue weighted by Crippen LogP contribution is -2.17. The molecule has 0 amide bonds. The van der Waals surface area contributed by atoms with Gasteiger partial charge in [-0.3, -0.25) is 9.71 Å². The van der Waals surface area contributed by atoms with Gasteiger partial charge < -0.3 is 5.32 Å². The maximum atomic E-state index is 12.4. The Balaban J connectivity index is 2.30. The summed E-state index contributed by atoms with van der Waals surface area (Å²) in [5.41, 5.74) is 0.947. The number of sulfonamides is 1. The number of rotatable bonds is 6. The van der Waals surface area contributed by atoms with Gasteiger partial charge in [-0.25, -0.2) is 4.98 Å². The van der Waals surface area contributed by atoms with E-state index in [1.54, 1.807) is 24.3 Å². The van der Waals surface area contributed by atoms with Crippen molar-refractivity contribution in [2.45, 2.75) is 18.4 Å². The molecule has 20 heavy (non-hydrogen) atoms. The van der Waals surface area contributed by atoms with Gasteiger partial charge in [0.05, 0.1) is 11.4 Å². The highest BCUT2D eigenvalue weighted by atomic mass is 32.2. The summed E-state index contributed by atoms with van der Waals surface area (Å²) in [6.45, 7) is 2.69. The van der Waals surface area contributed by atoms with E-state index in [2.05, 4.69) is 20.0 Å². The quantitative estimate of drug-likeness (QED) is 0.851. The van der Waals surface area contributed by atoms with Crippen molar-refractivity contribution < 1.29 is 8.42 Å². The second-order valence-corrected chi connectivity index (χ2v) is 5.72. The minimum absolute atomic E-state index is 0.00902. The molecule has 2 rings (SSSR count). The standard InChI is InChI=1S/C13H16N4O2S/c1-2-7-15-12-4-3-8-16-13(12)20(18,19)17-11-5-9-14-10-6-11/h3-6,8-10,15H,2,7H2,1H3,(H,14,17). The lowest BCUT2D eigenvalue weighted by atomic mass is 10.4. The van der Waals surface area contributed by atoms with Crippen LogP contribution in [-0.2, 0) is 10.0 Å². The molecule has 0 aliphatic carbocycles. The molecule has 2 N–H and O–H groups in total. The molecule has 0 fully saturated rings. The van der Waals surface area contributed by atoms with Gasteiger partial charge in [0.15, 0.2) is 5.03 Å². The minimum atomic E-state index is -3.73. The Morgan fingerprint density at radius 3 is 2.60 bits per heavy atom. The van der Waals surface area contributed by atoms with E-state index in [0.29, 0.717) is 17.9 Å². The molecule has 0 bridgehead atoms. The van der Waals surface area contributed by atoms with Gasteiger partial charge in [0.1, 0.15) is 0 Å². The molecule has 0 saturated heterocycles. The van der Waals surface area contributed by atoms with Gasteiger partial charge in [0.2, 0.25) is 0 Å². The Bertz CT molecular complexity index is 659. The van der Waals surface area contributed by atoms with Crippen LogP contribution in [0.1, 0.15) is 13.3 Å². The molecule has 0 aliphatic rings. The summed E-state index contributed by atoms with van der Waals surface area (Å²) < 4.78 is 27.2. The van der Waals surface area contributed by atoms with Crippen LogP contribution >= 0.6 is 0 Å². The van der Waals surface area contributed by atoms with E-state index in [0.717, 1.165) is 6.42 Å². The van der Waals surface area contributed by atoms with Crippen LogP contribution in [0.4, 0.5) is 11.4 Å². The van der Waals surface area contributed by atoms with Gasteiger partial charge in [-0.1, -0.05) is 6.92 Å². The number of pyridine rings is 2. The zero-order chi connectivity index (χ0) is 14.4. The highest BCUT2D eigenvalue weighted by molar-refractivity contribution is 7.92. The second kappa shape index (κ2) is 6.33. The summed E-state index contributed by atoms with van der Waals surface area (Å²) in [5, 5.41) is 3.05. The van der Waals surface area contributed by atoms with E-state index in [4.69, 9.17) is 0 Å². The lowest BCUT2D eigenvalue weighted by Gasteiger charge is -2.12. The van der Waals surface area contributed by atoms with Gasteiger partial charge in [0, 0.05) is 25.1 Å². The molecule has 0 radical (unpaired) electrons. The van der Waals surface area contributed by atoms with Crippen molar-refractivity contribution in [1.29, 1.82) is 0 Å². The molecule has 6 nitrogen and oxygen atoms in total. The predicted molar refractivity (Wildman–Crippen MR) is 78.1 cm³/mol. The van der Waals surface area contributed by atoms with E-state index in [-0.39, 0.29) is 5.03 Å². The first kappa shape index (κ1) is 14.3. The van der Waals surface area contributed by atoms with Crippen molar-refractivity contribution in [2.24, 2.45) is 0 Å². The topological polar surface area (TPSA) is 84.0 Å². The van der Waals surface area contributed by atoms with E-state index in [1.165, 1.54) is 18.6 Å². The molecule has 0 aromatic carbocycles. The first-order valence-electron chi connectivity index (χ1n) is 6.25. The summed E-state index contributed by atoms with van der Waals surface area (Å²) >= 11 is 0. The highest BCUT2D eigenvalue weighted by Crippen LogP contribution is 2.20. The first-order chi connectivity index (χ1) is 9.63. The summed E-state index contributed by atoms with van der Waals surface area (Å²) in [6, 6.07) is 6.56. The fraction of sp³-hybridized carbons (Fsp3) is 0.231. The zero-order valence-electron chi connectivity index (χ0n) is 11.1. The molecular weight excluding hydrogens is 276 g/mol. The highest BCUT2D eigenvalue weighted by Gasteiger charge is 2.19. The number of aromatic nitrogens is 2. The summed E-state index contributed by atoms with van der Waals surface area (Å²) in [7, 11) is -3.73. The second-order valence-electron chi connectivity index (χ2n) is 4.12. The third-order valence-electron chi connectivity index (χ3n) is 2.52. The number of hydrogen-bond acceptors (Lipinski definition) is 5. The van der Waals surface area contributed by atoms with Crippen LogP contribution in [-0.4, -0.2) is 24.9 Å². The molecule has 7 heteroatoms. The molecule has 0 spiro atoms. The number of anilines is 2. The van der Waals surface area contributed by atoms with Crippen LogP contribution in [0.25, 0.3) is 0 Å². The van der Waals surface area contributed by atoms with Gasteiger partial charge in [-0.05, 0) is 30.7 Å². The maximum absolute atomic E-state index is 12.4. The average Bonchev–Trinajstić information content (AvgIpc) is 2.46. The van der Waals surface area contributed by atoms with Crippen LogP contribution in [0.3, 0.4) is 0 Å². The zero-order valence-corrected chi connectivity index (χ0v) is 11.9. The molecule has 2 aromatic heterocycles. The Morgan fingerprint density at radius 2 is 1.90 bits per heavy atom. The Hall–Kier alpha value is -2.15. The third kappa shape index (κ3) is 3.45. The van der Waals surface area contributed by atoms with Gasteiger partial charge in [-0.15, -0.1) is 0 Å². The number of hydrogen-bond donors (Lipinski definition) is 2. The molecular formula is C13H16N4O2S. The molecule has 0 atom stereocenters. The van der Waals surface area contributed by atoms with Crippen molar-refractivity contribution in [3.63, 3.8) is 0 Å². The maximum Gasteiger partial charge on any atom is 0.281 e. The van der Waals surface area contributed by atoms with Crippen molar-refractivity contribution in [1.82, 2.24) is 9.97 Å². The van der Waals surface area contributed by atoms with Crippen LogP contribution in [0.5, 0.6) is 0 Å². The van der Waals surface area contributed by atoms with Crippen molar-refractivity contribution in [2.75, 3.05) is 16.6 Å². The fourth-order valence-corrected chi connectivity index (χ4v) is 2.80. The predicted octanol–water partition coefficient (Wildman–Crippen LogP) is 2.10. The summed E-state index contributed by atoms with van der Waals surface area (Å²) in [6.07, 6.45) is 5.39. The largest absolute Gasteiger partial charge is 0.383 e. The van der Waals surface area contributed by atoms with E-state index in [9.17, 15) is 8.42 Å². The fourth-order valence-electron chi connectivity index (χ4n) is 1.62. The van der Waals surface area contributed by atoms with Crippen LogP contribution in [0.2, 0.25) is 0 Å². The van der Waals surface area contributed by atoms with Crippen LogP contribution in [0, 0.1) is 0 Å². The van der Waals surface area contributed by atoms with Crippen LogP contribution < -0.4 is 10.0 Å². The van der Waals surface area contributed by atoms with Crippen molar-refractivity contribution in [3.8, 4) is 0 Å². The molecule has 0 aliphatic heterocycles. The van der Waals surface area contributed by atoms with Gasteiger partial charge in [0.25, 0.3) is 10.0 Å². The average molecular weight is 292 g/mol. The molecule has 2 heterocycles. The van der Waals surface area contributed by atoms with Crippen molar-refractivity contribution >= 4 is 21.4 Å². The monoisotopic (exact) mass is 292 g/mol. The Morgan fingerprint density at radius 1 is 1.15 bits per heavy atom.